The second-order valence-corrected chi connectivity index (χ2v) is 6.29. The molecule has 1 aliphatic heterocycles. The second kappa shape index (κ2) is 6.52. The number of hydrazine groups is 1. The topological polar surface area (TPSA) is 74.3 Å². The molecule has 0 bridgehead atoms. The first-order chi connectivity index (χ1) is 10.6. The first-order valence-electron chi connectivity index (χ1n) is 7.59. The number of amides is 2. The lowest BCUT2D eigenvalue weighted by Gasteiger charge is -2.32. The molecule has 0 radical (unpaired) electrons. The van der Waals surface area contributed by atoms with E-state index in [2.05, 4.69) is 20.7 Å². The zero-order chi connectivity index (χ0) is 15.5. The molecular formula is C15H19ClN4O2. The molecule has 7 heteroatoms. The van der Waals surface area contributed by atoms with Crippen LogP contribution in [0.1, 0.15) is 25.7 Å². The van der Waals surface area contributed by atoms with E-state index in [1.165, 1.54) is 0 Å². The van der Waals surface area contributed by atoms with Crippen molar-refractivity contribution in [3.05, 3.63) is 23.4 Å². The lowest BCUT2D eigenvalue weighted by molar-refractivity contribution is -0.132. The van der Waals surface area contributed by atoms with Gasteiger partial charge in [0.2, 0.25) is 11.8 Å². The Bertz CT molecular complexity index is 551. The number of hydrogen-bond donors (Lipinski definition) is 2. The van der Waals surface area contributed by atoms with Gasteiger partial charge >= 0.3 is 0 Å². The van der Waals surface area contributed by atoms with Crippen molar-refractivity contribution in [3.8, 4) is 0 Å². The molecule has 2 heterocycles. The number of nitrogens with one attached hydrogen (secondary N) is 2. The maximum absolute atomic E-state index is 12.1. The third-order valence-electron chi connectivity index (χ3n) is 4.16. The van der Waals surface area contributed by atoms with Crippen LogP contribution in [0.2, 0.25) is 5.02 Å². The first kappa shape index (κ1) is 15.1. The number of aromatic nitrogens is 1. The lowest BCUT2D eigenvalue weighted by atomic mass is 9.96. The zero-order valence-corrected chi connectivity index (χ0v) is 13.0. The molecule has 0 unspecified atom stereocenters. The van der Waals surface area contributed by atoms with E-state index >= 15 is 0 Å². The second-order valence-electron chi connectivity index (χ2n) is 5.85. The van der Waals surface area contributed by atoms with E-state index in [1.54, 1.807) is 6.20 Å². The minimum Gasteiger partial charge on any atom is -0.357 e. The van der Waals surface area contributed by atoms with Gasteiger partial charge in [0.05, 0.1) is 5.02 Å². The van der Waals surface area contributed by atoms with Crippen LogP contribution in [0.4, 0.5) is 5.82 Å². The molecule has 2 amide bonds. The molecule has 3 rings (SSSR count). The van der Waals surface area contributed by atoms with Crippen molar-refractivity contribution < 1.29 is 9.59 Å². The van der Waals surface area contributed by atoms with E-state index in [9.17, 15) is 9.59 Å². The SMILES string of the molecule is O=C(NNC(=O)C1CCN(c2ccc(Cl)cn2)CC1)C1CC1. The highest BCUT2D eigenvalue weighted by Crippen LogP contribution is 2.28. The van der Waals surface area contributed by atoms with Crippen LogP contribution >= 0.6 is 11.6 Å². The average molecular weight is 323 g/mol. The largest absolute Gasteiger partial charge is 0.357 e. The quantitative estimate of drug-likeness (QED) is 0.827. The van der Waals surface area contributed by atoms with E-state index in [-0.39, 0.29) is 23.7 Å². The summed E-state index contributed by atoms with van der Waals surface area (Å²) in [6.45, 7) is 1.53. The predicted molar refractivity (Wildman–Crippen MR) is 83.2 cm³/mol. The molecule has 0 atom stereocenters. The average Bonchev–Trinajstić information content (AvgIpc) is 3.38. The van der Waals surface area contributed by atoms with Gasteiger partial charge in [0.15, 0.2) is 0 Å². The van der Waals surface area contributed by atoms with Crippen LogP contribution in [0, 0.1) is 11.8 Å². The fourth-order valence-corrected chi connectivity index (χ4v) is 2.71. The van der Waals surface area contributed by atoms with Gasteiger partial charge in [-0.3, -0.25) is 20.4 Å². The lowest BCUT2D eigenvalue weighted by Crippen LogP contribution is -2.48. The van der Waals surface area contributed by atoms with E-state index in [0.717, 1.165) is 44.6 Å². The number of rotatable bonds is 3. The highest BCUT2D eigenvalue weighted by Gasteiger charge is 2.31. The Labute approximate surface area is 134 Å². The number of hydrogen-bond acceptors (Lipinski definition) is 4. The summed E-state index contributed by atoms with van der Waals surface area (Å²) in [5, 5.41) is 0.615. The summed E-state index contributed by atoms with van der Waals surface area (Å²) in [4.78, 5) is 30.0. The monoisotopic (exact) mass is 322 g/mol. The van der Waals surface area contributed by atoms with Gasteiger partial charge < -0.3 is 4.90 Å². The maximum atomic E-state index is 12.1. The van der Waals surface area contributed by atoms with Crippen molar-refractivity contribution >= 4 is 29.2 Å². The molecule has 6 nitrogen and oxygen atoms in total. The van der Waals surface area contributed by atoms with Gasteiger partial charge in [-0.15, -0.1) is 0 Å². The van der Waals surface area contributed by atoms with Crippen LogP contribution in [0.3, 0.4) is 0 Å². The molecule has 1 aromatic rings. The Hall–Kier alpha value is -1.82. The van der Waals surface area contributed by atoms with Crippen molar-refractivity contribution in [2.75, 3.05) is 18.0 Å². The molecule has 2 fully saturated rings. The number of nitrogens with zero attached hydrogens (tertiary/aromatic N) is 2. The Balaban J connectivity index is 1.45. The smallest absolute Gasteiger partial charge is 0.241 e. The highest BCUT2D eigenvalue weighted by molar-refractivity contribution is 6.30. The summed E-state index contributed by atoms with van der Waals surface area (Å²) in [6.07, 6.45) is 4.97. The van der Waals surface area contributed by atoms with Gasteiger partial charge in [-0.2, -0.15) is 0 Å². The number of halogens is 1. The van der Waals surface area contributed by atoms with E-state index in [1.807, 2.05) is 12.1 Å². The summed E-state index contributed by atoms with van der Waals surface area (Å²) in [7, 11) is 0. The summed E-state index contributed by atoms with van der Waals surface area (Å²) in [5.74, 6) is 0.736. The van der Waals surface area contributed by atoms with Crippen LogP contribution in [-0.4, -0.2) is 29.9 Å². The molecule has 1 saturated heterocycles. The van der Waals surface area contributed by atoms with Crippen molar-refractivity contribution in [3.63, 3.8) is 0 Å². The molecule has 0 spiro atoms. The number of piperidine rings is 1. The van der Waals surface area contributed by atoms with E-state index in [4.69, 9.17) is 11.6 Å². The number of anilines is 1. The van der Waals surface area contributed by atoms with Gasteiger partial charge in [0.25, 0.3) is 0 Å². The van der Waals surface area contributed by atoms with Gasteiger partial charge in [0.1, 0.15) is 5.82 Å². The Morgan fingerprint density at radius 3 is 2.14 bits per heavy atom. The molecule has 1 aromatic heterocycles. The molecule has 1 saturated carbocycles. The Morgan fingerprint density at radius 1 is 1.05 bits per heavy atom. The van der Waals surface area contributed by atoms with Gasteiger partial charge in [0, 0.05) is 31.1 Å². The minimum absolute atomic E-state index is 0.0666. The molecule has 2 aliphatic rings. The van der Waals surface area contributed by atoms with Crippen molar-refractivity contribution in [2.24, 2.45) is 11.8 Å². The Kier molecular flexibility index (Phi) is 4.47. The fourth-order valence-electron chi connectivity index (χ4n) is 2.60. The number of carbonyl (C=O) groups excluding carboxylic acids is 2. The minimum atomic E-state index is -0.0993. The molecule has 118 valence electrons. The van der Waals surface area contributed by atoms with Gasteiger partial charge in [-0.25, -0.2) is 4.98 Å². The van der Waals surface area contributed by atoms with Crippen LogP contribution in [0.15, 0.2) is 18.3 Å². The third kappa shape index (κ3) is 3.68. The Morgan fingerprint density at radius 2 is 1.64 bits per heavy atom. The fraction of sp³-hybridized carbons (Fsp3) is 0.533. The van der Waals surface area contributed by atoms with Crippen molar-refractivity contribution in [1.29, 1.82) is 0 Å². The third-order valence-corrected chi connectivity index (χ3v) is 4.38. The van der Waals surface area contributed by atoms with Crippen LogP contribution in [0.25, 0.3) is 0 Å². The van der Waals surface area contributed by atoms with E-state index < -0.39 is 0 Å². The summed E-state index contributed by atoms with van der Waals surface area (Å²) in [5.41, 5.74) is 5.06. The molecule has 2 N–H and O–H groups in total. The van der Waals surface area contributed by atoms with Crippen LogP contribution in [0.5, 0.6) is 0 Å². The predicted octanol–water partition coefficient (Wildman–Crippen LogP) is 1.51. The summed E-state index contributed by atoms with van der Waals surface area (Å²) >= 11 is 5.83. The normalized spacial score (nSPS) is 18.9. The number of pyridine rings is 1. The van der Waals surface area contributed by atoms with Crippen LogP contribution < -0.4 is 15.8 Å². The van der Waals surface area contributed by atoms with E-state index in [0.29, 0.717) is 5.02 Å². The van der Waals surface area contributed by atoms with Crippen molar-refractivity contribution in [2.45, 2.75) is 25.7 Å². The summed E-state index contributed by atoms with van der Waals surface area (Å²) < 4.78 is 0. The molecule has 0 aromatic carbocycles. The van der Waals surface area contributed by atoms with Crippen molar-refractivity contribution in [1.82, 2.24) is 15.8 Å². The molecular weight excluding hydrogens is 304 g/mol. The standard InChI is InChI=1S/C15H19ClN4O2/c16-12-3-4-13(17-9-12)20-7-5-11(6-8-20)15(22)19-18-14(21)10-1-2-10/h3-4,9-11H,1-2,5-8H2,(H,18,21)(H,19,22). The van der Waals surface area contributed by atoms with Gasteiger partial charge in [-0.1, -0.05) is 11.6 Å². The van der Waals surface area contributed by atoms with Crippen LogP contribution in [-0.2, 0) is 9.59 Å². The summed E-state index contributed by atoms with van der Waals surface area (Å²) in [6, 6.07) is 3.70. The maximum Gasteiger partial charge on any atom is 0.241 e. The molecule has 22 heavy (non-hydrogen) atoms. The first-order valence-corrected chi connectivity index (χ1v) is 7.97. The molecule has 1 aliphatic carbocycles. The highest BCUT2D eigenvalue weighted by atomic mass is 35.5. The van der Waals surface area contributed by atoms with Gasteiger partial charge in [-0.05, 0) is 37.8 Å². The zero-order valence-electron chi connectivity index (χ0n) is 12.2. The number of carbonyl (C=O) groups is 2.